The highest BCUT2D eigenvalue weighted by molar-refractivity contribution is 6.18. The summed E-state index contributed by atoms with van der Waals surface area (Å²) in [6.45, 7) is 0.0622. The van der Waals surface area contributed by atoms with Crippen LogP contribution in [0.2, 0.25) is 0 Å². The Morgan fingerprint density at radius 2 is 2.12 bits per heavy atom. The first kappa shape index (κ1) is 11.7. The van der Waals surface area contributed by atoms with Crippen LogP contribution >= 0.6 is 11.6 Å². The van der Waals surface area contributed by atoms with Crippen LogP contribution in [0, 0.1) is 0 Å². The zero-order valence-electron chi connectivity index (χ0n) is 8.81. The minimum absolute atomic E-state index is 0.0622. The summed E-state index contributed by atoms with van der Waals surface area (Å²) in [5.74, 6) is -0.532. The second kappa shape index (κ2) is 5.01. The van der Waals surface area contributed by atoms with E-state index in [1.54, 1.807) is 24.3 Å². The Labute approximate surface area is 102 Å². The number of hydrogen-bond acceptors (Lipinski definition) is 4. The molecule has 1 aromatic carbocycles. The summed E-state index contributed by atoms with van der Waals surface area (Å²) in [5, 5.41) is 0.354. The molecular weight excluding hydrogens is 244 g/mol. The highest BCUT2D eigenvalue weighted by Crippen LogP contribution is 2.10. The Balaban J connectivity index is 2.46. The Morgan fingerprint density at radius 1 is 1.35 bits per heavy atom. The van der Waals surface area contributed by atoms with Crippen LogP contribution in [0.15, 0.2) is 39.7 Å². The average molecular weight is 253 g/mol. The zero-order valence-corrected chi connectivity index (χ0v) is 9.57. The summed E-state index contributed by atoms with van der Waals surface area (Å²) in [4.78, 5) is 23.5. The predicted octanol–water partition coefficient (Wildman–Crippen LogP) is 2.19. The standard InChI is InChI=1S/C12H9ClO4/c13-5-6-16-12(15)9-7-17-10-4-2-1-3-8(10)11(9)14/h1-4,7H,5-6H2. The Morgan fingerprint density at radius 3 is 2.88 bits per heavy atom. The van der Waals surface area contributed by atoms with E-state index in [9.17, 15) is 9.59 Å². The highest BCUT2D eigenvalue weighted by Gasteiger charge is 2.15. The maximum absolute atomic E-state index is 11.9. The summed E-state index contributed by atoms with van der Waals surface area (Å²) >= 11 is 5.39. The number of esters is 1. The van der Waals surface area contributed by atoms with Gasteiger partial charge in [-0.25, -0.2) is 4.79 Å². The van der Waals surface area contributed by atoms with Gasteiger partial charge in [-0.2, -0.15) is 0 Å². The number of alkyl halides is 1. The van der Waals surface area contributed by atoms with E-state index < -0.39 is 11.4 Å². The number of hydrogen-bond donors (Lipinski definition) is 0. The van der Waals surface area contributed by atoms with E-state index >= 15 is 0 Å². The third-order valence-electron chi connectivity index (χ3n) is 2.21. The van der Waals surface area contributed by atoms with Gasteiger partial charge in [0.2, 0.25) is 5.43 Å². The van der Waals surface area contributed by atoms with Crippen molar-refractivity contribution < 1.29 is 13.9 Å². The minimum atomic E-state index is -0.717. The van der Waals surface area contributed by atoms with Crippen molar-refractivity contribution in [1.29, 1.82) is 0 Å². The van der Waals surface area contributed by atoms with Crippen LogP contribution in [-0.2, 0) is 4.74 Å². The topological polar surface area (TPSA) is 56.5 Å². The minimum Gasteiger partial charge on any atom is -0.463 e. The predicted molar refractivity (Wildman–Crippen MR) is 63.5 cm³/mol. The van der Waals surface area contributed by atoms with Crippen molar-refractivity contribution in [3.8, 4) is 0 Å². The van der Waals surface area contributed by atoms with Gasteiger partial charge >= 0.3 is 5.97 Å². The van der Waals surface area contributed by atoms with Gasteiger partial charge < -0.3 is 9.15 Å². The molecule has 0 bridgehead atoms. The third-order valence-corrected chi connectivity index (χ3v) is 2.36. The molecule has 2 rings (SSSR count). The van der Waals surface area contributed by atoms with Crippen LogP contribution in [0.3, 0.4) is 0 Å². The largest absolute Gasteiger partial charge is 0.463 e. The fourth-order valence-electron chi connectivity index (χ4n) is 1.43. The van der Waals surface area contributed by atoms with Gasteiger partial charge in [0.05, 0.1) is 11.3 Å². The Hall–Kier alpha value is -1.81. The number of rotatable bonds is 3. The van der Waals surface area contributed by atoms with Gasteiger partial charge in [-0.05, 0) is 12.1 Å². The fourth-order valence-corrected chi connectivity index (χ4v) is 1.50. The molecule has 0 saturated carbocycles. The summed E-state index contributed by atoms with van der Waals surface area (Å²) in [6, 6.07) is 6.70. The van der Waals surface area contributed by atoms with Gasteiger partial charge in [0.1, 0.15) is 24.0 Å². The van der Waals surface area contributed by atoms with Crippen LogP contribution in [0.4, 0.5) is 0 Å². The van der Waals surface area contributed by atoms with Crippen molar-refractivity contribution >= 4 is 28.5 Å². The highest BCUT2D eigenvalue weighted by atomic mass is 35.5. The lowest BCUT2D eigenvalue weighted by molar-refractivity contribution is 0.0525. The maximum Gasteiger partial charge on any atom is 0.345 e. The van der Waals surface area contributed by atoms with E-state index in [1.807, 2.05) is 0 Å². The summed E-state index contributed by atoms with van der Waals surface area (Å²) in [7, 11) is 0. The van der Waals surface area contributed by atoms with E-state index in [0.29, 0.717) is 11.0 Å². The summed E-state index contributed by atoms with van der Waals surface area (Å²) in [6.07, 6.45) is 1.11. The molecule has 4 nitrogen and oxygen atoms in total. The van der Waals surface area contributed by atoms with Crippen LogP contribution in [0.25, 0.3) is 11.0 Å². The molecule has 1 heterocycles. The van der Waals surface area contributed by atoms with E-state index in [4.69, 9.17) is 20.8 Å². The fraction of sp³-hybridized carbons (Fsp3) is 0.167. The average Bonchev–Trinajstić information content (AvgIpc) is 2.37. The van der Waals surface area contributed by atoms with Crippen molar-refractivity contribution in [2.75, 3.05) is 12.5 Å². The van der Waals surface area contributed by atoms with Gasteiger partial charge in [-0.1, -0.05) is 12.1 Å². The molecule has 0 spiro atoms. The molecule has 0 amide bonds. The molecule has 0 N–H and O–H groups in total. The number of benzene rings is 1. The van der Waals surface area contributed by atoms with Gasteiger partial charge in [-0.3, -0.25) is 4.79 Å². The lowest BCUT2D eigenvalue weighted by Gasteiger charge is -2.02. The van der Waals surface area contributed by atoms with E-state index in [-0.39, 0.29) is 18.1 Å². The van der Waals surface area contributed by atoms with Crippen molar-refractivity contribution in [3.05, 3.63) is 46.3 Å². The maximum atomic E-state index is 11.9. The lowest BCUT2D eigenvalue weighted by Crippen LogP contribution is -2.17. The monoisotopic (exact) mass is 252 g/mol. The molecule has 0 aliphatic carbocycles. The van der Waals surface area contributed by atoms with Crippen LogP contribution < -0.4 is 5.43 Å². The van der Waals surface area contributed by atoms with E-state index in [0.717, 1.165) is 6.26 Å². The molecule has 0 aliphatic heterocycles. The smallest absolute Gasteiger partial charge is 0.345 e. The molecule has 0 atom stereocenters. The molecule has 0 saturated heterocycles. The summed E-state index contributed by atoms with van der Waals surface area (Å²) in [5.41, 5.74) is -0.0772. The van der Waals surface area contributed by atoms with Crippen LogP contribution in [-0.4, -0.2) is 18.5 Å². The first-order valence-corrected chi connectivity index (χ1v) is 5.51. The molecule has 0 radical (unpaired) electrons. The second-order valence-electron chi connectivity index (χ2n) is 3.30. The van der Waals surface area contributed by atoms with Crippen LogP contribution in [0.1, 0.15) is 10.4 Å². The normalized spacial score (nSPS) is 10.4. The quantitative estimate of drug-likeness (QED) is 0.621. The molecular formula is C12H9ClO4. The molecule has 0 unspecified atom stereocenters. The van der Waals surface area contributed by atoms with Crippen molar-refractivity contribution in [2.45, 2.75) is 0 Å². The first-order valence-electron chi connectivity index (χ1n) is 4.97. The molecule has 17 heavy (non-hydrogen) atoms. The zero-order chi connectivity index (χ0) is 12.3. The molecule has 2 aromatic rings. The molecule has 5 heteroatoms. The number of para-hydroxylation sites is 1. The Bertz CT molecular complexity index is 603. The van der Waals surface area contributed by atoms with Gasteiger partial charge in [0.15, 0.2) is 0 Å². The van der Waals surface area contributed by atoms with Crippen molar-refractivity contribution in [2.24, 2.45) is 0 Å². The van der Waals surface area contributed by atoms with Crippen molar-refractivity contribution in [3.63, 3.8) is 0 Å². The van der Waals surface area contributed by atoms with Gasteiger partial charge in [0.25, 0.3) is 0 Å². The molecule has 88 valence electrons. The molecule has 0 fully saturated rings. The molecule has 0 aliphatic rings. The third kappa shape index (κ3) is 2.31. The van der Waals surface area contributed by atoms with E-state index in [2.05, 4.69) is 0 Å². The summed E-state index contributed by atoms with van der Waals surface area (Å²) < 4.78 is 9.97. The number of fused-ring (bicyclic) bond motifs is 1. The van der Waals surface area contributed by atoms with Gasteiger partial charge in [0, 0.05) is 0 Å². The lowest BCUT2D eigenvalue weighted by atomic mass is 10.2. The second-order valence-corrected chi connectivity index (χ2v) is 3.68. The van der Waals surface area contributed by atoms with Gasteiger partial charge in [-0.15, -0.1) is 11.6 Å². The van der Waals surface area contributed by atoms with Crippen molar-refractivity contribution in [1.82, 2.24) is 0 Å². The van der Waals surface area contributed by atoms with E-state index in [1.165, 1.54) is 0 Å². The first-order chi connectivity index (χ1) is 8.24. The molecule has 1 aromatic heterocycles. The number of carbonyl (C=O) groups excluding carboxylic acids is 1. The number of carbonyl (C=O) groups is 1. The number of ether oxygens (including phenoxy) is 1. The Kier molecular flexibility index (Phi) is 3.44. The van der Waals surface area contributed by atoms with Crippen LogP contribution in [0.5, 0.6) is 0 Å². The SMILES string of the molecule is O=C(OCCCl)c1coc2ccccc2c1=O. The number of halogens is 1.